The lowest BCUT2D eigenvalue weighted by atomic mass is 9.84. The van der Waals surface area contributed by atoms with Crippen LogP contribution in [-0.2, 0) is 27.9 Å². The maximum Gasteiger partial charge on any atom is 0.339 e. The summed E-state index contributed by atoms with van der Waals surface area (Å²) in [6.45, 7) is -2.30. The Labute approximate surface area is 289 Å². The van der Waals surface area contributed by atoms with Crippen LogP contribution in [0.4, 0.5) is 27.6 Å². The zero-order chi connectivity index (χ0) is 36.3. The molecule has 1 fully saturated rings. The van der Waals surface area contributed by atoms with E-state index >= 15 is 0 Å². The van der Waals surface area contributed by atoms with Crippen molar-refractivity contribution in [2.24, 2.45) is 0 Å². The summed E-state index contributed by atoms with van der Waals surface area (Å²) in [5.74, 6) is -15.7. The molecule has 0 spiro atoms. The highest BCUT2D eigenvalue weighted by atomic mass is 35.5. The number of carboxylic acid groups (broad SMARTS) is 1. The number of carbonyl (C=O) groups excluding carboxylic acids is 1. The number of sulfonamides is 1. The summed E-state index contributed by atoms with van der Waals surface area (Å²) >= 11 is 6.22. The molecule has 0 atom stereocenters. The van der Waals surface area contributed by atoms with Crippen LogP contribution in [0.3, 0.4) is 0 Å². The smallest absolute Gasteiger partial charge is 0.339 e. The molecule has 1 amide bonds. The standard InChI is InChI=1S/C35H30ClF5N2O6S/c36-26-9-5-4-8-23(26)18-42(50(48,49)34-32(40)30(38)29(37)31(39)33(34)41)19-28(45)43(24-14-15-25(35(46)47)27(44)16-24)17-20-10-12-22(13-11-20)21-6-2-1-3-7-21/h4-5,8-16,21,44H,1-3,6-7,17-19H2,(H,46,47). The van der Waals surface area contributed by atoms with E-state index in [2.05, 4.69) is 0 Å². The second-order valence-corrected chi connectivity index (χ2v) is 14.1. The average molecular weight is 737 g/mol. The minimum atomic E-state index is -5.66. The molecular weight excluding hydrogens is 707 g/mol. The van der Waals surface area contributed by atoms with Crippen molar-refractivity contribution in [2.45, 2.75) is 56.0 Å². The Balaban J connectivity index is 1.57. The van der Waals surface area contributed by atoms with E-state index in [0.29, 0.717) is 11.5 Å². The number of aromatic hydroxyl groups is 1. The summed E-state index contributed by atoms with van der Waals surface area (Å²) < 4.78 is 99.9. The lowest BCUT2D eigenvalue weighted by molar-refractivity contribution is -0.119. The minimum Gasteiger partial charge on any atom is -0.507 e. The Hall–Kier alpha value is -4.53. The third-order valence-electron chi connectivity index (χ3n) is 8.60. The van der Waals surface area contributed by atoms with Crippen molar-refractivity contribution in [3.63, 3.8) is 0 Å². The fraction of sp³-hybridized carbons (Fsp3) is 0.257. The fourth-order valence-corrected chi connectivity index (χ4v) is 7.60. The van der Waals surface area contributed by atoms with Crippen LogP contribution in [0, 0.1) is 29.1 Å². The molecule has 2 N–H and O–H groups in total. The first-order chi connectivity index (χ1) is 23.7. The van der Waals surface area contributed by atoms with Crippen molar-refractivity contribution >= 4 is 39.2 Å². The summed E-state index contributed by atoms with van der Waals surface area (Å²) in [7, 11) is -5.66. The van der Waals surface area contributed by atoms with Gasteiger partial charge in [-0.05, 0) is 53.6 Å². The first-order valence-electron chi connectivity index (χ1n) is 15.4. The van der Waals surface area contributed by atoms with Crippen LogP contribution in [0.25, 0.3) is 0 Å². The van der Waals surface area contributed by atoms with Gasteiger partial charge in [0.05, 0.1) is 13.1 Å². The maximum atomic E-state index is 14.9. The first-order valence-corrected chi connectivity index (χ1v) is 17.2. The molecule has 8 nitrogen and oxygen atoms in total. The van der Waals surface area contributed by atoms with E-state index < -0.39 is 80.3 Å². The zero-order valence-corrected chi connectivity index (χ0v) is 27.8. The summed E-state index contributed by atoms with van der Waals surface area (Å²) in [6, 6.07) is 16.1. The van der Waals surface area contributed by atoms with Gasteiger partial charge in [-0.1, -0.05) is 73.3 Å². The molecular formula is C35H30ClF5N2O6S. The van der Waals surface area contributed by atoms with Gasteiger partial charge in [0.1, 0.15) is 11.3 Å². The maximum absolute atomic E-state index is 14.9. The number of anilines is 1. The Morgan fingerprint density at radius 2 is 1.40 bits per heavy atom. The second-order valence-electron chi connectivity index (χ2n) is 11.8. The van der Waals surface area contributed by atoms with Gasteiger partial charge in [0, 0.05) is 23.3 Å². The number of carbonyl (C=O) groups is 2. The van der Waals surface area contributed by atoms with Crippen molar-refractivity contribution in [3.8, 4) is 5.75 Å². The molecule has 0 saturated heterocycles. The van der Waals surface area contributed by atoms with Crippen LogP contribution in [-0.4, -0.2) is 41.4 Å². The minimum absolute atomic E-state index is 0.0262. The van der Waals surface area contributed by atoms with Gasteiger partial charge < -0.3 is 15.1 Å². The molecule has 5 rings (SSSR count). The third-order valence-corrected chi connectivity index (χ3v) is 10.8. The van der Waals surface area contributed by atoms with Gasteiger partial charge in [-0.2, -0.15) is 4.31 Å². The largest absolute Gasteiger partial charge is 0.507 e. The molecule has 1 aliphatic rings. The molecule has 0 aromatic heterocycles. The number of hydrogen-bond acceptors (Lipinski definition) is 5. The Morgan fingerprint density at radius 3 is 1.98 bits per heavy atom. The highest BCUT2D eigenvalue weighted by Gasteiger charge is 2.39. The van der Waals surface area contributed by atoms with Crippen molar-refractivity contribution in [1.82, 2.24) is 4.31 Å². The van der Waals surface area contributed by atoms with Gasteiger partial charge >= 0.3 is 5.97 Å². The van der Waals surface area contributed by atoms with E-state index in [-0.39, 0.29) is 27.1 Å². The predicted octanol–water partition coefficient (Wildman–Crippen LogP) is 7.91. The number of phenols is 1. The van der Waals surface area contributed by atoms with E-state index in [1.807, 2.05) is 12.1 Å². The second kappa shape index (κ2) is 15.2. The molecule has 15 heteroatoms. The average Bonchev–Trinajstić information content (AvgIpc) is 3.09. The van der Waals surface area contributed by atoms with Gasteiger partial charge in [-0.15, -0.1) is 0 Å². The predicted molar refractivity (Wildman–Crippen MR) is 174 cm³/mol. The van der Waals surface area contributed by atoms with E-state index in [4.69, 9.17) is 11.6 Å². The van der Waals surface area contributed by atoms with Gasteiger partial charge in [-0.3, -0.25) is 4.79 Å². The molecule has 0 unspecified atom stereocenters. The lowest BCUT2D eigenvalue weighted by Gasteiger charge is -2.28. The van der Waals surface area contributed by atoms with Gasteiger partial charge in [0.25, 0.3) is 0 Å². The summed E-state index contributed by atoms with van der Waals surface area (Å²) in [5.41, 5.74) is 1.09. The van der Waals surface area contributed by atoms with Crippen molar-refractivity contribution in [1.29, 1.82) is 0 Å². The molecule has 1 saturated carbocycles. The fourth-order valence-electron chi connectivity index (χ4n) is 5.92. The van der Waals surface area contributed by atoms with Crippen LogP contribution >= 0.6 is 11.6 Å². The number of aromatic carboxylic acids is 1. The SMILES string of the molecule is O=C(O)c1ccc(N(Cc2ccc(C3CCCCC3)cc2)C(=O)CN(Cc2ccccc2Cl)S(=O)(=O)c2c(F)c(F)c(F)c(F)c2F)cc1O. The monoisotopic (exact) mass is 736 g/mol. The van der Waals surface area contributed by atoms with Crippen LogP contribution in [0.5, 0.6) is 5.75 Å². The highest BCUT2D eigenvalue weighted by Crippen LogP contribution is 2.34. The quantitative estimate of drug-likeness (QED) is 0.0919. The molecule has 0 bridgehead atoms. The number of carboxylic acids is 1. The van der Waals surface area contributed by atoms with Gasteiger partial charge in [-0.25, -0.2) is 35.2 Å². The molecule has 264 valence electrons. The van der Waals surface area contributed by atoms with E-state index in [1.54, 1.807) is 12.1 Å². The van der Waals surface area contributed by atoms with Crippen LogP contribution in [0.2, 0.25) is 5.02 Å². The zero-order valence-electron chi connectivity index (χ0n) is 26.2. The lowest BCUT2D eigenvalue weighted by Crippen LogP contribution is -2.43. The summed E-state index contributed by atoms with van der Waals surface area (Å²) in [6.07, 6.45) is 5.41. The van der Waals surface area contributed by atoms with Crippen LogP contribution in [0.1, 0.15) is 65.1 Å². The summed E-state index contributed by atoms with van der Waals surface area (Å²) in [4.78, 5) is 24.5. The molecule has 4 aromatic rings. The normalized spacial score (nSPS) is 13.8. The molecule has 1 aliphatic carbocycles. The first kappa shape index (κ1) is 36.7. The van der Waals surface area contributed by atoms with Crippen LogP contribution in [0.15, 0.2) is 71.6 Å². The molecule has 4 aromatic carbocycles. The molecule has 0 radical (unpaired) electrons. The number of amides is 1. The number of rotatable bonds is 11. The molecule has 0 heterocycles. The number of benzene rings is 4. The third kappa shape index (κ3) is 7.62. The van der Waals surface area contributed by atoms with E-state index in [1.165, 1.54) is 30.3 Å². The Bertz CT molecular complexity index is 2010. The Morgan fingerprint density at radius 1 is 0.800 bits per heavy atom. The summed E-state index contributed by atoms with van der Waals surface area (Å²) in [5, 5.41) is 19.8. The van der Waals surface area contributed by atoms with Gasteiger partial charge in [0.15, 0.2) is 28.2 Å². The van der Waals surface area contributed by atoms with Crippen LogP contribution < -0.4 is 4.90 Å². The number of hydrogen-bond donors (Lipinski definition) is 2. The topological polar surface area (TPSA) is 115 Å². The Kier molecular flexibility index (Phi) is 11.1. The van der Waals surface area contributed by atoms with Gasteiger partial charge in [0.2, 0.25) is 21.7 Å². The highest BCUT2D eigenvalue weighted by molar-refractivity contribution is 7.89. The van der Waals surface area contributed by atoms with E-state index in [9.17, 15) is 50.2 Å². The molecule has 50 heavy (non-hydrogen) atoms. The number of nitrogens with zero attached hydrogens (tertiary/aromatic N) is 2. The van der Waals surface area contributed by atoms with E-state index in [0.717, 1.165) is 54.7 Å². The molecule has 0 aliphatic heterocycles. The van der Waals surface area contributed by atoms with Crippen molar-refractivity contribution in [2.75, 3.05) is 11.4 Å². The van der Waals surface area contributed by atoms with Crippen molar-refractivity contribution in [3.05, 3.63) is 123 Å². The van der Waals surface area contributed by atoms with Crippen molar-refractivity contribution < 1.29 is 50.2 Å². The number of halogens is 6.